The van der Waals surface area contributed by atoms with Gasteiger partial charge in [-0.2, -0.15) is 0 Å². The molecule has 72 heavy (non-hydrogen) atoms. The largest absolute Gasteiger partial charge is 0.461 e. The van der Waals surface area contributed by atoms with Gasteiger partial charge in [0, 0.05) is 29.6 Å². The molecule has 386 valence electrons. The number of rotatable bonds is 20. The van der Waals surface area contributed by atoms with E-state index in [2.05, 4.69) is 34.8 Å². The summed E-state index contributed by atoms with van der Waals surface area (Å²) in [6.45, 7) is 20.4. The second-order valence-electron chi connectivity index (χ2n) is 21.6. The number of carbonyl (C=O) groups is 7. The zero-order valence-corrected chi connectivity index (χ0v) is 43.2. The maximum atomic E-state index is 14.9. The molecule has 15 heteroatoms. The minimum absolute atomic E-state index is 0.00233. The summed E-state index contributed by atoms with van der Waals surface area (Å²) < 4.78 is 17.2. The fourth-order valence-corrected chi connectivity index (χ4v) is 11.4. The molecule has 2 aliphatic carbocycles. The van der Waals surface area contributed by atoms with Gasteiger partial charge >= 0.3 is 18.0 Å². The van der Waals surface area contributed by atoms with Crippen molar-refractivity contribution in [2.75, 3.05) is 25.1 Å². The molecule has 1 saturated carbocycles. The Hall–Kier alpha value is -6.51. The minimum Gasteiger partial charge on any atom is -0.461 e. The fraction of sp³-hybridized carbons (Fsp3) is 0.526. The molecule has 4 aliphatic rings. The lowest BCUT2D eigenvalue weighted by molar-refractivity contribution is -0.166. The van der Waals surface area contributed by atoms with Gasteiger partial charge < -0.3 is 40.4 Å². The van der Waals surface area contributed by atoms with Crippen LogP contribution in [0.1, 0.15) is 111 Å². The molecule has 9 atom stereocenters. The summed E-state index contributed by atoms with van der Waals surface area (Å²) in [7, 11) is 0. The Morgan fingerprint density at radius 3 is 2.03 bits per heavy atom. The number of amides is 4. The maximum absolute atomic E-state index is 14.9. The molecule has 1 saturated heterocycles. The van der Waals surface area contributed by atoms with Crippen molar-refractivity contribution in [3.63, 3.8) is 0 Å². The predicted octanol–water partition coefficient (Wildman–Crippen LogP) is 7.47. The van der Waals surface area contributed by atoms with Crippen LogP contribution in [-0.2, 0) is 48.4 Å². The van der Waals surface area contributed by atoms with Gasteiger partial charge in [0.1, 0.15) is 31.3 Å². The molecular weight excluding hydrogens is 915 g/mol. The van der Waals surface area contributed by atoms with E-state index in [1.165, 1.54) is 11.0 Å². The third kappa shape index (κ3) is 10.9. The third-order valence-electron chi connectivity index (χ3n) is 15.0. The summed E-state index contributed by atoms with van der Waals surface area (Å²) in [5.74, 6) is -6.51. The molecule has 2 fully saturated rings. The fourth-order valence-electron chi connectivity index (χ4n) is 11.4. The number of nitrogens with zero attached hydrogens (tertiary/aromatic N) is 1. The number of Topliss-reactive ketones (excluding diaryl/α,β-unsaturated/α-hetero) is 1. The first-order valence-electron chi connectivity index (χ1n) is 25.7. The van der Waals surface area contributed by atoms with Gasteiger partial charge in [0.15, 0.2) is 11.9 Å². The Balaban J connectivity index is 1.01. The summed E-state index contributed by atoms with van der Waals surface area (Å²) in [6, 6.07) is 19.1. The van der Waals surface area contributed by atoms with Crippen molar-refractivity contribution < 1.29 is 47.8 Å². The van der Waals surface area contributed by atoms with Crippen molar-refractivity contribution in [1.82, 2.24) is 20.9 Å². The monoisotopic (exact) mass is 988 g/mol. The molecule has 0 bridgehead atoms. The van der Waals surface area contributed by atoms with Crippen LogP contribution in [0.3, 0.4) is 0 Å². The number of esters is 2. The van der Waals surface area contributed by atoms with Gasteiger partial charge in [0.25, 0.3) is 5.91 Å². The number of carbonyl (C=O) groups excluding carboxylic acids is 7. The standard InChI is InChI=1S/C57H73N5O10/c1-11-27-70-54(67)39-29-57(10)41-23-16-17-24-42(41)58-50(57)45(39)48(63)46(32(4)5)60-51(64)43(28-31(2)3)59-52(65)44-25-18-26-62(44)53(66)49(34(8)9)72-55(68)47(33(6)7)61-56(69)71-30-40-37-21-14-12-19-35(37)36-20-13-15-22-38(36)40/h11-17,19-24,31-34,39-40,43-47,49-50,58H,1,18,25-30H2,2-10H3,(H,59,65)(H,60,64)(H,61,69)/t39-,43+,44-,45?,46-,47-,49+,50+,57+/m1/s1. The van der Waals surface area contributed by atoms with Crippen molar-refractivity contribution >= 4 is 47.2 Å². The number of hydrogen-bond acceptors (Lipinski definition) is 11. The van der Waals surface area contributed by atoms with E-state index in [0.717, 1.165) is 33.5 Å². The average molecular weight is 988 g/mol. The Morgan fingerprint density at radius 1 is 0.792 bits per heavy atom. The second-order valence-corrected chi connectivity index (χ2v) is 21.6. The highest BCUT2D eigenvalue weighted by molar-refractivity contribution is 5.98. The van der Waals surface area contributed by atoms with E-state index in [4.69, 9.17) is 14.2 Å². The number of anilines is 1. The Labute approximate surface area is 423 Å². The average Bonchev–Trinajstić information content (AvgIpc) is 4.10. The first-order chi connectivity index (χ1) is 34.3. The van der Waals surface area contributed by atoms with Crippen LogP contribution >= 0.6 is 0 Å². The molecule has 15 nitrogen and oxygen atoms in total. The quantitative estimate of drug-likeness (QED) is 0.0498. The van der Waals surface area contributed by atoms with Crippen molar-refractivity contribution in [3.05, 3.63) is 102 Å². The number of ketones is 1. The van der Waals surface area contributed by atoms with E-state index in [9.17, 15) is 33.6 Å². The Kier molecular flexibility index (Phi) is 16.7. The van der Waals surface area contributed by atoms with Gasteiger partial charge in [0.2, 0.25) is 11.8 Å². The topological polar surface area (TPSA) is 199 Å². The molecule has 3 aromatic carbocycles. The summed E-state index contributed by atoms with van der Waals surface area (Å²) in [6.07, 6.45) is 0.779. The number of hydrogen-bond donors (Lipinski definition) is 4. The number of likely N-dealkylation sites (tertiary alicyclic amines) is 1. The van der Waals surface area contributed by atoms with Gasteiger partial charge in [0.05, 0.1) is 17.9 Å². The molecule has 0 radical (unpaired) electrons. The van der Waals surface area contributed by atoms with Crippen molar-refractivity contribution in [2.45, 2.75) is 136 Å². The lowest BCUT2D eigenvalue weighted by Crippen LogP contribution is -2.58. The van der Waals surface area contributed by atoms with Crippen LogP contribution in [0.5, 0.6) is 0 Å². The summed E-state index contributed by atoms with van der Waals surface area (Å²) >= 11 is 0. The first kappa shape index (κ1) is 53.3. The first-order valence-corrected chi connectivity index (χ1v) is 25.7. The van der Waals surface area contributed by atoms with Crippen LogP contribution in [0, 0.1) is 35.5 Å². The molecule has 7 rings (SSSR count). The predicted molar refractivity (Wildman–Crippen MR) is 273 cm³/mol. The summed E-state index contributed by atoms with van der Waals surface area (Å²) in [4.78, 5) is 100. The lowest BCUT2D eigenvalue weighted by atomic mass is 9.77. The van der Waals surface area contributed by atoms with Crippen molar-refractivity contribution in [1.29, 1.82) is 0 Å². The maximum Gasteiger partial charge on any atom is 0.407 e. The molecule has 1 unspecified atom stereocenters. The van der Waals surface area contributed by atoms with Crippen molar-refractivity contribution in [3.8, 4) is 11.1 Å². The van der Waals surface area contributed by atoms with E-state index in [0.29, 0.717) is 19.3 Å². The van der Waals surface area contributed by atoms with Crippen LogP contribution in [0.15, 0.2) is 85.5 Å². The number of fused-ring (bicyclic) bond motifs is 6. The van der Waals surface area contributed by atoms with Crippen LogP contribution in [0.2, 0.25) is 0 Å². The molecule has 2 aliphatic heterocycles. The van der Waals surface area contributed by atoms with Gasteiger partial charge in [-0.1, -0.05) is 142 Å². The molecule has 2 heterocycles. The molecular formula is C57H73N5O10. The SMILES string of the molecule is C=CCOC(=O)[C@@H]1C[C@@]2(C)c3ccccc3N[C@H]2C1C(=O)[C@H](NC(=O)[C@H](CC(C)C)NC(=O)[C@H]1CCCN1C(=O)[C@@H](OC(=O)[C@H](NC(=O)OCC1c2ccccc2-c2ccccc21)C(C)C)C(C)C)C(C)C. The molecule has 3 aromatic rings. The van der Waals surface area contributed by atoms with E-state index < -0.39 is 101 Å². The van der Waals surface area contributed by atoms with Crippen LogP contribution in [-0.4, -0.2) is 103 Å². The number of alkyl carbamates (subject to hydrolysis) is 1. The van der Waals surface area contributed by atoms with Gasteiger partial charge in [-0.25, -0.2) is 9.59 Å². The summed E-state index contributed by atoms with van der Waals surface area (Å²) in [5.41, 5.74) is 5.59. The zero-order valence-electron chi connectivity index (χ0n) is 43.2. The number of benzene rings is 3. The van der Waals surface area contributed by atoms with Gasteiger partial charge in [-0.15, -0.1) is 0 Å². The highest BCUT2D eigenvalue weighted by Crippen LogP contribution is 2.55. The number of nitrogens with one attached hydrogen (secondary N) is 4. The van der Waals surface area contributed by atoms with E-state index >= 15 is 0 Å². The number of ether oxygens (including phenoxy) is 3. The zero-order chi connectivity index (χ0) is 52.2. The number of para-hydroxylation sites is 1. The van der Waals surface area contributed by atoms with Crippen LogP contribution in [0.4, 0.5) is 10.5 Å². The summed E-state index contributed by atoms with van der Waals surface area (Å²) in [5, 5.41) is 12.1. The van der Waals surface area contributed by atoms with Crippen LogP contribution < -0.4 is 21.3 Å². The van der Waals surface area contributed by atoms with E-state index in [1.807, 2.05) is 100 Å². The van der Waals surface area contributed by atoms with E-state index in [1.54, 1.807) is 27.7 Å². The second kappa shape index (κ2) is 22.5. The van der Waals surface area contributed by atoms with Crippen LogP contribution in [0.25, 0.3) is 11.1 Å². The lowest BCUT2D eigenvalue weighted by Gasteiger charge is -2.33. The Bertz CT molecular complexity index is 2490. The smallest absolute Gasteiger partial charge is 0.407 e. The third-order valence-corrected chi connectivity index (χ3v) is 15.0. The normalized spacial score (nSPS) is 22.4. The van der Waals surface area contributed by atoms with E-state index in [-0.39, 0.29) is 49.7 Å². The molecule has 4 N–H and O–H groups in total. The van der Waals surface area contributed by atoms with Gasteiger partial charge in [-0.3, -0.25) is 24.0 Å². The molecule has 0 aromatic heterocycles. The molecule has 4 amide bonds. The van der Waals surface area contributed by atoms with Gasteiger partial charge in [-0.05, 0) is 83.2 Å². The Morgan fingerprint density at radius 2 is 1.42 bits per heavy atom. The molecule has 0 spiro atoms. The van der Waals surface area contributed by atoms with Crippen molar-refractivity contribution in [2.24, 2.45) is 35.5 Å². The minimum atomic E-state index is -1.29. The highest BCUT2D eigenvalue weighted by Gasteiger charge is 2.61. The highest BCUT2D eigenvalue weighted by atomic mass is 16.6.